The van der Waals surface area contributed by atoms with Gasteiger partial charge in [-0.1, -0.05) is 23.7 Å². The Morgan fingerprint density at radius 1 is 1.24 bits per heavy atom. The monoisotopic (exact) mass is 477 g/mol. The summed E-state index contributed by atoms with van der Waals surface area (Å²) < 4.78 is 7.22. The van der Waals surface area contributed by atoms with Crippen LogP contribution in [0.4, 0.5) is 17.3 Å². The lowest BCUT2D eigenvalue weighted by Crippen LogP contribution is -2.13. The third-order valence-electron chi connectivity index (χ3n) is 4.88. The van der Waals surface area contributed by atoms with Crippen LogP contribution in [0.5, 0.6) is 5.75 Å². The first-order chi connectivity index (χ1) is 16.4. The van der Waals surface area contributed by atoms with Crippen LogP contribution in [0.15, 0.2) is 67.1 Å². The molecule has 174 valence electrons. The fourth-order valence-corrected chi connectivity index (χ4v) is 3.48. The van der Waals surface area contributed by atoms with Crippen molar-refractivity contribution in [3.05, 3.63) is 72.2 Å². The van der Waals surface area contributed by atoms with E-state index < -0.39 is 0 Å². The van der Waals surface area contributed by atoms with Gasteiger partial charge in [0.25, 0.3) is 0 Å². The van der Waals surface area contributed by atoms with Gasteiger partial charge in [0.15, 0.2) is 0 Å². The summed E-state index contributed by atoms with van der Waals surface area (Å²) in [4.78, 5) is 23.1. The number of anilines is 3. The van der Waals surface area contributed by atoms with Crippen LogP contribution < -0.4 is 15.4 Å². The lowest BCUT2D eigenvalue weighted by Gasteiger charge is -2.13. The quantitative estimate of drug-likeness (QED) is 0.366. The summed E-state index contributed by atoms with van der Waals surface area (Å²) in [5.41, 5.74) is 3.40. The SMILES string of the molecule is COc1ccc(NC(=O)C=CCN(C)C)cc1Nc1ncc(Cl)c(-c2cnn3ccccc23)n1. The molecule has 0 aliphatic heterocycles. The number of methoxy groups -OCH3 is 1. The Kier molecular flexibility index (Phi) is 7.05. The lowest BCUT2D eigenvalue weighted by atomic mass is 10.2. The Bertz CT molecular complexity index is 1350. The van der Waals surface area contributed by atoms with E-state index in [4.69, 9.17) is 16.3 Å². The second-order valence-corrected chi connectivity index (χ2v) is 8.08. The Morgan fingerprint density at radius 2 is 2.09 bits per heavy atom. The van der Waals surface area contributed by atoms with Crippen molar-refractivity contribution in [2.45, 2.75) is 0 Å². The molecule has 4 rings (SSSR count). The summed E-state index contributed by atoms with van der Waals surface area (Å²) in [6, 6.07) is 11.0. The normalized spacial score (nSPS) is 11.3. The average Bonchev–Trinajstić information content (AvgIpc) is 3.24. The Balaban J connectivity index is 1.60. The van der Waals surface area contributed by atoms with E-state index >= 15 is 0 Å². The first-order valence-corrected chi connectivity index (χ1v) is 10.8. The highest BCUT2D eigenvalue weighted by Gasteiger charge is 2.15. The molecule has 4 aromatic rings. The number of hydrogen-bond donors (Lipinski definition) is 2. The fourth-order valence-electron chi connectivity index (χ4n) is 3.29. The van der Waals surface area contributed by atoms with Crippen molar-refractivity contribution in [3.8, 4) is 17.0 Å². The zero-order valence-electron chi connectivity index (χ0n) is 19.0. The van der Waals surface area contributed by atoms with Gasteiger partial charge in [0, 0.05) is 30.1 Å². The molecule has 2 N–H and O–H groups in total. The highest BCUT2D eigenvalue weighted by atomic mass is 35.5. The molecule has 1 aromatic carbocycles. The van der Waals surface area contributed by atoms with Crippen molar-refractivity contribution in [1.29, 1.82) is 0 Å². The first kappa shape index (κ1) is 23.2. The number of pyridine rings is 1. The lowest BCUT2D eigenvalue weighted by molar-refractivity contribution is -0.111. The van der Waals surface area contributed by atoms with Gasteiger partial charge in [-0.05, 0) is 44.4 Å². The molecule has 0 saturated carbocycles. The Labute approximate surface area is 202 Å². The van der Waals surface area contributed by atoms with Crippen molar-refractivity contribution in [1.82, 2.24) is 24.5 Å². The van der Waals surface area contributed by atoms with E-state index in [-0.39, 0.29) is 5.91 Å². The van der Waals surface area contributed by atoms with Gasteiger partial charge < -0.3 is 20.3 Å². The summed E-state index contributed by atoms with van der Waals surface area (Å²) in [5, 5.41) is 10.8. The largest absolute Gasteiger partial charge is 0.495 e. The predicted octanol–water partition coefficient (Wildman–Crippen LogP) is 4.25. The number of amides is 1. The number of hydrogen-bond acceptors (Lipinski definition) is 7. The summed E-state index contributed by atoms with van der Waals surface area (Å²) in [7, 11) is 5.43. The molecule has 3 heterocycles. The molecule has 0 bridgehead atoms. The molecule has 0 spiro atoms. The summed E-state index contributed by atoms with van der Waals surface area (Å²) >= 11 is 6.42. The summed E-state index contributed by atoms with van der Waals surface area (Å²) in [6.45, 7) is 0.672. The van der Waals surface area contributed by atoms with Crippen molar-refractivity contribution in [2.24, 2.45) is 0 Å². The maximum atomic E-state index is 12.2. The maximum Gasteiger partial charge on any atom is 0.248 e. The Hall–Kier alpha value is -3.95. The number of nitrogens with zero attached hydrogens (tertiary/aromatic N) is 5. The highest BCUT2D eigenvalue weighted by molar-refractivity contribution is 6.33. The first-order valence-electron chi connectivity index (χ1n) is 10.5. The standard InChI is InChI=1S/C24H24ClN7O2/c1-31(2)11-6-8-22(33)28-16-9-10-21(34-3)19(13-16)29-24-26-15-18(25)23(30-24)17-14-27-32-12-5-4-7-20(17)32/h4-10,12-15H,11H2,1-3H3,(H,28,33)(H,26,29,30). The van der Waals surface area contributed by atoms with E-state index in [1.54, 1.807) is 42.1 Å². The molecular weight excluding hydrogens is 454 g/mol. The number of fused-ring (bicyclic) bond motifs is 1. The summed E-state index contributed by atoms with van der Waals surface area (Å²) in [5.74, 6) is 0.663. The number of nitrogens with one attached hydrogen (secondary N) is 2. The third-order valence-corrected chi connectivity index (χ3v) is 5.16. The Morgan fingerprint density at radius 3 is 2.88 bits per heavy atom. The molecule has 10 heteroatoms. The van der Waals surface area contributed by atoms with Crippen LogP contribution in [0.25, 0.3) is 16.8 Å². The van der Waals surface area contributed by atoms with Crippen molar-refractivity contribution < 1.29 is 9.53 Å². The second kappa shape index (κ2) is 10.3. The molecule has 1 amide bonds. The van der Waals surface area contributed by atoms with Gasteiger partial charge in [0.2, 0.25) is 11.9 Å². The van der Waals surface area contributed by atoms with Gasteiger partial charge in [0.05, 0.1) is 41.4 Å². The van der Waals surface area contributed by atoms with Gasteiger partial charge in [-0.15, -0.1) is 0 Å². The zero-order chi connectivity index (χ0) is 24.1. The number of benzene rings is 1. The van der Waals surface area contributed by atoms with E-state index in [2.05, 4.69) is 25.7 Å². The van der Waals surface area contributed by atoms with Crippen LogP contribution in [0, 0.1) is 0 Å². The van der Waals surface area contributed by atoms with Gasteiger partial charge in [-0.3, -0.25) is 4.79 Å². The molecule has 0 radical (unpaired) electrons. The second-order valence-electron chi connectivity index (χ2n) is 7.67. The third kappa shape index (κ3) is 5.33. The van der Waals surface area contributed by atoms with Gasteiger partial charge in [0.1, 0.15) is 5.75 Å². The number of likely N-dealkylation sites (N-methyl/N-ethyl adjacent to an activating group) is 1. The van der Waals surface area contributed by atoms with Gasteiger partial charge >= 0.3 is 0 Å². The zero-order valence-corrected chi connectivity index (χ0v) is 19.7. The van der Waals surface area contributed by atoms with Crippen LogP contribution in [-0.4, -0.2) is 58.1 Å². The molecule has 0 unspecified atom stereocenters. The molecular formula is C24H24ClN7O2. The minimum absolute atomic E-state index is 0.226. The number of carbonyl (C=O) groups is 1. The number of aromatic nitrogens is 4. The molecule has 0 atom stereocenters. The number of rotatable bonds is 8. The molecule has 0 saturated heterocycles. The van der Waals surface area contributed by atoms with Crippen LogP contribution >= 0.6 is 11.6 Å². The van der Waals surface area contributed by atoms with Crippen molar-refractivity contribution >= 4 is 40.3 Å². The molecule has 0 aliphatic rings. The molecule has 34 heavy (non-hydrogen) atoms. The van der Waals surface area contributed by atoms with Crippen molar-refractivity contribution in [2.75, 3.05) is 38.4 Å². The van der Waals surface area contributed by atoms with Gasteiger partial charge in [-0.25, -0.2) is 14.5 Å². The van der Waals surface area contributed by atoms with Crippen LogP contribution in [-0.2, 0) is 4.79 Å². The minimum Gasteiger partial charge on any atom is -0.495 e. The predicted molar refractivity (Wildman–Crippen MR) is 134 cm³/mol. The highest BCUT2D eigenvalue weighted by Crippen LogP contribution is 2.33. The topological polar surface area (TPSA) is 96.7 Å². The molecule has 0 fully saturated rings. The smallest absolute Gasteiger partial charge is 0.248 e. The molecule has 3 aromatic heterocycles. The number of ether oxygens (including phenoxy) is 1. The van der Waals surface area contributed by atoms with Gasteiger partial charge in [-0.2, -0.15) is 5.10 Å². The maximum absolute atomic E-state index is 12.2. The van der Waals surface area contributed by atoms with E-state index in [1.165, 1.54) is 12.3 Å². The van der Waals surface area contributed by atoms with E-state index in [1.807, 2.05) is 43.4 Å². The molecule has 9 nitrogen and oxygen atoms in total. The van der Waals surface area contributed by atoms with E-state index in [0.29, 0.717) is 40.3 Å². The number of carbonyl (C=O) groups excluding carboxylic acids is 1. The number of halogens is 1. The van der Waals surface area contributed by atoms with Crippen LogP contribution in [0.3, 0.4) is 0 Å². The van der Waals surface area contributed by atoms with Crippen LogP contribution in [0.2, 0.25) is 5.02 Å². The fraction of sp³-hybridized carbons (Fsp3) is 0.167. The minimum atomic E-state index is -0.226. The van der Waals surface area contributed by atoms with E-state index in [9.17, 15) is 4.79 Å². The molecule has 0 aliphatic carbocycles. The van der Waals surface area contributed by atoms with Crippen molar-refractivity contribution in [3.63, 3.8) is 0 Å². The van der Waals surface area contributed by atoms with Crippen LogP contribution in [0.1, 0.15) is 0 Å². The average molecular weight is 478 g/mol. The summed E-state index contributed by atoms with van der Waals surface area (Å²) in [6.07, 6.45) is 8.40. The van der Waals surface area contributed by atoms with E-state index in [0.717, 1.165) is 11.1 Å².